The van der Waals surface area contributed by atoms with E-state index in [2.05, 4.69) is 48.8 Å². The Kier molecular flexibility index (Phi) is 3.98. The lowest BCUT2D eigenvalue weighted by Gasteiger charge is -2.06. The molecule has 1 saturated carbocycles. The molecular formula is C12H12BrN3S2. The molecular weight excluding hydrogens is 330 g/mol. The number of rotatable bonds is 5. The molecule has 3 nitrogen and oxygen atoms in total. The Morgan fingerprint density at radius 3 is 3.00 bits per heavy atom. The predicted molar refractivity (Wildman–Crippen MR) is 78.0 cm³/mol. The number of hydrogen-bond donors (Lipinski definition) is 1. The van der Waals surface area contributed by atoms with Crippen LogP contribution in [0.1, 0.15) is 18.4 Å². The van der Waals surface area contributed by atoms with Crippen molar-refractivity contribution in [2.75, 3.05) is 0 Å². The lowest BCUT2D eigenvalue weighted by Crippen LogP contribution is -2.15. The van der Waals surface area contributed by atoms with Gasteiger partial charge in [-0.05, 0) is 58.0 Å². The summed E-state index contributed by atoms with van der Waals surface area (Å²) in [6.07, 6.45) is 4.24. The highest BCUT2D eigenvalue weighted by molar-refractivity contribution is 9.10. The van der Waals surface area contributed by atoms with Gasteiger partial charge in [-0.2, -0.15) is 4.37 Å². The van der Waals surface area contributed by atoms with Crippen molar-refractivity contribution in [3.8, 4) is 0 Å². The second-order valence-corrected chi connectivity index (χ2v) is 7.15. The topological polar surface area (TPSA) is 37.8 Å². The number of aromatic nitrogens is 2. The van der Waals surface area contributed by atoms with Gasteiger partial charge in [0.15, 0.2) is 4.34 Å². The standard InChI is InChI=1S/C12H12BrN3S2/c13-10-5-8(6-14-9-2-3-9)1-4-11(10)17-12-15-7-16-18-12/h1,4-5,7,9,14H,2-3,6H2. The second-order valence-electron chi connectivity index (χ2n) is 4.23. The van der Waals surface area contributed by atoms with Crippen LogP contribution in [-0.4, -0.2) is 15.4 Å². The minimum atomic E-state index is 0.749. The zero-order valence-corrected chi connectivity index (χ0v) is 12.8. The van der Waals surface area contributed by atoms with Gasteiger partial charge in [0.2, 0.25) is 0 Å². The minimum absolute atomic E-state index is 0.749. The highest BCUT2D eigenvalue weighted by Gasteiger charge is 2.20. The van der Waals surface area contributed by atoms with E-state index in [-0.39, 0.29) is 0 Å². The van der Waals surface area contributed by atoms with E-state index < -0.39 is 0 Å². The average Bonchev–Trinajstić information content (AvgIpc) is 3.06. The Hall–Kier alpha value is -0.430. The first kappa shape index (κ1) is 12.6. The van der Waals surface area contributed by atoms with Crippen LogP contribution in [0, 0.1) is 0 Å². The van der Waals surface area contributed by atoms with Crippen LogP contribution in [0.3, 0.4) is 0 Å². The van der Waals surface area contributed by atoms with E-state index in [0.717, 1.165) is 21.4 Å². The van der Waals surface area contributed by atoms with Gasteiger partial charge >= 0.3 is 0 Å². The van der Waals surface area contributed by atoms with Crippen LogP contribution in [-0.2, 0) is 6.54 Å². The maximum atomic E-state index is 4.18. The molecule has 0 spiro atoms. The lowest BCUT2D eigenvalue weighted by atomic mass is 10.2. The zero-order valence-electron chi connectivity index (χ0n) is 9.60. The summed E-state index contributed by atoms with van der Waals surface area (Å²) in [6, 6.07) is 7.24. The minimum Gasteiger partial charge on any atom is -0.310 e. The van der Waals surface area contributed by atoms with E-state index in [1.165, 1.54) is 34.8 Å². The van der Waals surface area contributed by atoms with Crippen molar-refractivity contribution in [2.45, 2.75) is 34.7 Å². The normalized spacial score (nSPS) is 14.9. The third kappa shape index (κ3) is 3.32. The van der Waals surface area contributed by atoms with Gasteiger partial charge in [0.05, 0.1) is 0 Å². The van der Waals surface area contributed by atoms with Crippen molar-refractivity contribution in [1.82, 2.24) is 14.7 Å². The molecule has 18 heavy (non-hydrogen) atoms. The van der Waals surface area contributed by atoms with E-state index in [1.807, 2.05) is 0 Å². The first-order valence-electron chi connectivity index (χ1n) is 5.77. The van der Waals surface area contributed by atoms with E-state index in [9.17, 15) is 0 Å². The van der Waals surface area contributed by atoms with Gasteiger partial charge in [0.25, 0.3) is 0 Å². The van der Waals surface area contributed by atoms with E-state index in [1.54, 1.807) is 18.1 Å². The van der Waals surface area contributed by atoms with Gasteiger partial charge in [-0.25, -0.2) is 4.98 Å². The summed E-state index contributed by atoms with van der Waals surface area (Å²) in [5, 5.41) is 3.52. The summed E-state index contributed by atoms with van der Waals surface area (Å²) >= 11 is 6.69. The quantitative estimate of drug-likeness (QED) is 0.899. The van der Waals surface area contributed by atoms with Crippen molar-refractivity contribution < 1.29 is 0 Å². The molecule has 0 aliphatic heterocycles. The van der Waals surface area contributed by atoms with E-state index in [4.69, 9.17) is 0 Å². The number of nitrogens with zero attached hydrogens (tertiary/aromatic N) is 2. The maximum absolute atomic E-state index is 4.18. The first-order valence-corrected chi connectivity index (χ1v) is 8.16. The Morgan fingerprint density at radius 1 is 1.44 bits per heavy atom. The van der Waals surface area contributed by atoms with Crippen LogP contribution >= 0.6 is 39.2 Å². The summed E-state index contributed by atoms with van der Waals surface area (Å²) in [4.78, 5) is 5.36. The third-order valence-electron chi connectivity index (χ3n) is 2.71. The molecule has 0 saturated heterocycles. The van der Waals surface area contributed by atoms with Crippen molar-refractivity contribution in [3.05, 3.63) is 34.6 Å². The van der Waals surface area contributed by atoms with Crippen LogP contribution in [0.5, 0.6) is 0 Å². The van der Waals surface area contributed by atoms with Crippen LogP contribution < -0.4 is 5.32 Å². The fourth-order valence-corrected chi connectivity index (χ4v) is 3.66. The van der Waals surface area contributed by atoms with Gasteiger partial charge in [-0.15, -0.1) is 0 Å². The molecule has 1 fully saturated rings. The summed E-state index contributed by atoms with van der Waals surface area (Å²) in [7, 11) is 0. The molecule has 0 atom stereocenters. The monoisotopic (exact) mass is 341 g/mol. The molecule has 1 aromatic heterocycles. The highest BCUT2D eigenvalue weighted by atomic mass is 79.9. The van der Waals surface area contributed by atoms with Gasteiger partial charge in [-0.3, -0.25) is 0 Å². The summed E-state index contributed by atoms with van der Waals surface area (Å²) < 4.78 is 6.10. The van der Waals surface area contributed by atoms with Gasteiger partial charge < -0.3 is 5.32 Å². The molecule has 6 heteroatoms. The maximum Gasteiger partial charge on any atom is 0.174 e. The zero-order chi connectivity index (χ0) is 12.4. The number of benzene rings is 1. The smallest absolute Gasteiger partial charge is 0.174 e. The van der Waals surface area contributed by atoms with Crippen molar-refractivity contribution in [3.63, 3.8) is 0 Å². The lowest BCUT2D eigenvalue weighted by molar-refractivity contribution is 0.687. The molecule has 2 aromatic rings. The highest BCUT2D eigenvalue weighted by Crippen LogP contribution is 2.34. The number of nitrogens with one attached hydrogen (secondary N) is 1. The first-order chi connectivity index (χ1) is 8.81. The van der Waals surface area contributed by atoms with Crippen molar-refractivity contribution in [2.24, 2.45) is 0 Å². The SMILES string of the molecule is Brc1cc(CNC2CC2)ccc1Sc1ncns1. The van der Waals surface area contributed by atoms with E-state index >= 15 is 0 Å². The fraction of sp³-hybridized carbons (Fsp3) is 0.333. The largest absolute Gasteiger partial charge is 0.310 e. The average molecular weight is 342 g/mol. The predicted octanol–water partition coefficient (Wildman–Crippen LogP) is 3.70. The second kappa shape index (κ2) is 5.69. The van der Waals surface area contributed by atoms with Crippen LogP contribution in [0.2, 0.25) is 0 Å². The van der Waals surface area contributed by atoms with Gasteiger partial charge in [0, 0.05) is 22.0 Å². The summed E-state index contributed by atoms with van der Waals surface area (Å²) in [6.45, 7) is 0.951. The summed E-state index contributed by atoms with van der Waals surface area (Å²) in [5.74, 6) is 0. The number of halogens is 1. The third-order valence-corrected chi connectivity index (χ3v) is 5.42. The molecule has 1 aliphatic rings. The van der Waals surface area contributed by atoms with Crippen LogP contribution in [0.25, 0.3) is 0 Å². The van der Waals surface area contributed by atoms with Gasteiger partial charge in [0.1, 0.15) is 6.33 Å². The molecule has 1 heterocycles. The Balaban J connectivity index is 1.67. The molecule has 0 amide bonds. The molecule has 0 unspecified atom stereocenters. The molecule has 1 aromatic carbocycles. The molecule has 3 rings (SSSR count). The summed E-state index contributed by atoms with van der Waals surface area (Å²) in [5.41, 5.74) is 1.32. The molecule has 94 valence electrons. The van der Waals surface area contributed by atoms with Crippen LogP contribution in [0.15, 0.2) is 38.2 Å². The van der Waals surface area contributed by atoms with E-state index in [0.29, 0.717) is 0 Å². The van der Waals surface area contributed by atoms with Crippen LogP contribution in [0.4, 0.5) is 0 Å². The van der Waals surface area contributed by atoms with Crippen molar-refractivity contribution in [1.29, 1.82) is 0 Å². The number of hydrogen-bond acceptors (Lipinski definition) is 5. The fourth-order valence-electron chi connectivity index (χ4n) is 1.59. The molecule has 1 aliphatic carbocycles. The molecule has 0 radical (unpaired) electrons. The molecule has 1 N–H and O–H groups in total. The Bertz CT molecular complexity index is 526. The van der Waals surface area contributed by atoms with Gasteiger partial charge in [-0.1, -0.05) is 17.8 Å². The van der Waals surface area contributed by atoms with Crippen molar-refractivity contribution >= 4 is 39.2 Å². The Labute approximate surface area is 123 Å². The molecule has 0 bridgehead atoms. The Morgan fingerprint density at radius 2 is 2.33 bits per heavy atom.